The van der Waals surface area contributed by atoms with Gasteiger partial charge in [-0.2, -0.15) is 0 Å². The summed E-state index contributed by atoms with van der Waals surface area (Å²) in [5, 5.41) is 2.88. The number of rotatable bonds is 4. The van der Waals surface area contributed by atoms with E-state index in [-0.39, 0.29) is 5.91 Å². The normalized spacial score (nSPS) is 14.6. The molecule has 120 valence electrons. The molecule has 1 aliphatic heterocycles. The lowest BCUT2D eigenvalue weighted by Gasteiger charge is -2.27. The molecule has 0 atom stereocenters. The summed E-state index contributed by atoms with van der Waals surface area (Å²) < 4.78 is 5.33. The predicted octanol–water partition coefficient (Wildman–Crippen LogP) is 2.29. The van der Waals surface area contributed by atoms with Crippen molar-refractivity contribution in [1.29, 1.82) is 0 Å². The summed E-state index contributed by atoms with van der Waals surface area (Å²) in [7, 11) is 0. The van der Waals surface area contributed by atoms with E-state index in [4.69, 9.17) is 4.74 Å². The number of thioether (sulfide) groups is 1. The second-order valence-electron chi connectivity index (χ2n) is 5.05. The molecule has 6 nitrogen and oxygen atoms in total. The molecule has 0 unspecified atom stereocenters. The number of carbonyl (C=O) groups is 1. The molecular formula is C16H18N4O2S. The van der Waals surface area contributed by atoms with E-state index in [1.54, 1.807) is 17.8 Å². The first-order valence-electron chi connectivity index (χ1n) is 7.36. The van der Waals surface area contributed by atoms with Gasteiger partial charge in [-0.25, -0.2) is 9.97 Å². The van der Waals surface area contributed by atoms with Gasteiger partial charge in [0.15, 0.2) is 0 Å². The van der Waals surface area contributed by atoms with Crippen LogP contribution in [0.25, 0.3) is 0 Å². The Morgan fingerprint density at radius 2 is 2.09 bits per heavy atom. The number of morpholine rings is 1. The van der Waals surface area contributed by atoms with Gasteiger partial charge in [-0.3, -0.25) is 4.79 Å². The van der Waals surface area contributed by atoms with Gasteiger partial charge < -0.3 is 15.0 Å². The van der Waals surface area contributed by atoms with E-state index in [1.165, 1.54) is 6.33 Å². The summed E-state index contributed by atoms with van der Waals surface area (Å²) in [6.07, 6.45) is 3.43. The van der Waals surface area contributed by atoms with Crippen molar-refractivity contribution in [1.82, 2.24) is 9.97 Å². The van der Waals surface area contributed by atoms with Gasteiger partial charge in [-0.05, 0) is 24.5 Å². The Morgan fingerprint density at radius 1 is 1.26 bits per heavy atom. The molecule has 1 amide bonds. The van der Waals surface area contributed by atoms with Crippen LogP contribution in [0.2, 0.25) is 0 Å². The zero-order valence-electron chi connectivity index (χ0n) is 12.9. The fraction of sp³-hybridized carbons (Fsp3) is 0.312. The lowest BCUT2D eigenvalue weighted by atomic mass is 10.3. The topological polar surface area (TPSA) is 67.4 Å². The van der Waals surface area contributed by atoms with Crippen molar-refractivity contribution in [3.8, 4) is 0 Å². The molecule has 1 saturated heterocycles. The Balaban J connectivity index is 1.74. The van der Waals surface area contributed by atoms with Gasteiger partial charge in [0.25, 0.3) is 5.91 Å². The molecule has 23 heavy (non-hydrogen) atoms. The molecule has 0 saturated carbocycles. The van der Waals surface area contributed by atoms with E-state index in [0.717, 1.165) is 29.5 Å². The maximum Gasteiger partial charge on any atom is 0.274 e. The van der Waals surface area contributed by atoms with E-state index in [9.17, 15) is 4.79 Å². The average molecular weight is 330 g/mol. The lowest BCUT2D eigenvalue weighted by Crippen LogP contribution is -2.37. The Hall–Kier alpha value is -2.12. The molecule has 0 aliphatic carbocycles. The molecule has 1 N–H and O–H groups in total. The average Bonchev–Trinajstić information content (AvgIpc) is 2.63. The van der Waals surface area contributed by atoms with Crippen LogP contribution in [0.3, 0.4) is 0 Å². The van der Waals surface area contributed by atoms with E-state index < -0.39 is 0 Å². The molecule has 0 radical (unpaired) electrons. The van der Waals surface area contributed by atoms with Crippen molar-refractivity contribution >= 4 is 29.2 Å². The number of hydrogen-bond acceptors (Lipinski definition) is 6. The lowest BCUT2D eigenvalue weighted by molar-refractivity contribution is 0.102. The highest BCUT2D eigenvalue weighted by atomic mass is 32.2. The van der Waals surface area contributed by atoms with Crippen LogP contribution in [-0.2, 0) is 4.74 Å². The van der Waals surface area contributed by atoms with Gasteiger partial charge in [-0.1, -0.05) is 6.07 Å². The van der Waals surface area contributed by atoms with Crippen LogP contribution >= 0.6 is 11.8 Å². The molecule has 0 spiro atoms. The standard InChI is InChI=1S/C16H18N4O2S/c1-23-13-4-2-3-12(9-13)19-16(21)14-10-15(18-11-17-14)20-5-7-22-8-6-20/h2-4,9-11H,5-8H2,1H3,(H,19,21). The SMILES string of the molecule is CSc1cccc(NC(=O)c2cc(N3CCOCC3)ncn2)c1. The number of hydrogen-bond donors (Lipinski definition) is 1. The molecule has 1 fully saturated rings. The summed E-state index contributed by atoms with van der Waals surface area (Å²) in [4.78, 5) is 23.9. The molecule has 1 aromatic heterocycles. The van der Waals surface area contributed by atoms with Gasteiger partial charge >= 0.3 is 0 Å². The minimum Gasteiger partial charge on any atom is -0.378 e. The first-order valence-corrected chi connectivity index (χ1v) is 8.59. The first-order chi connectivity index (χ1) is 11.3. The van der Waals surface area contributed by atoms with Crippen LogP contribution in [0.5, 0.6) is 0 Å². The molecule has 1 aliphatic rings. The first kappa shape index (κ1) is 15.8. The molecule has 1 aromatic carbocycles. The minimum atomic E-state index is -0.236. The number of amides is 1. The van der Waals surface area contributed by atoms with Crippen LogP contribution in [0, 0.1) is 0 Å². The molecular weight excluding hydrogens is 312 g/mol. The van der Waals surface area contributed by atoms with Crippen LogP contribution < -0.4 is 10.2 Å². The maximum absolute atomic E-state index is 12.4. The summed E-state index contributed by atoms with van der Waals surface area (Å²) >= 11 is 1.63. The predicted molar refractivity (Wildman–Crippen MR) is 91.2 cm³/mol. The quantitative estimate of drug-likeness (QED) is 0.868. The molecule has 2 aromatic rings. The maximum atomic E-state index is 12.4. The number of benzene rings is 1. The number of nitrogens with zero attached hydrogens (tertiary/aromatic N) is 3. The molecule has 7 heteroatoms. The van der Waals surface area contributed by atoms with Gasteiger partial charge in [0, 0.05) is 29.7 Å². The van der Waals surface area contributed by atoms with Gasteiger partial charge in [0.2, 0.25) is 0 Å². The second kappa shape index (κ2) is 7.43. The van der Waals surface area contributed by atoms with Crippen LogP contribution in [0.15, 0.2) is 41.6 Å². The number of aromatic nitrogens is 2. The molecule has 3 rings (SSSR count). The third-order valence-electron chi connectivity index (χ3n) is 3.55. The Morgan fingerprint density at radius 3 is 2.87 bits per heavy atom. The highest BCUT2D eigenvalue weighted by Crippen LogP contribution is 2.20. The minimum absolute atomic E-state index is 0.236. The van der Waals surface area contributed by atoms with Crippen molar-refractivity contribution in [3.05, 3.63) is 42.4 Å². The largest absolute Gasteiger partial charge is 0.378 e. The number of ether oxygens (including phenoxy) is 1. The highest BCUT2D eigenvalue weighted by molar-refractivity contribution is 7.98. The van der Waals surface area contributed by atoms with Crippen molar-refractivity contribution in [2.75, 3.05) is 42.8 Å². The Bertz CT molecular complexity index is 689. The summed E-state index contributed by atoms with van der Waals surface area (Å²) in [5.74, 6) is 0.520. The monoisotopic (exact) mass is 330 g/mol. The molecule has 0 bridgehead atoms. The summed E-state index contributed by atoms with van der Waals surface area (Å²) in [6, 6.07) is 9.44. The van der Waals surface area contributed by atoms with E-state index in [0.29, 0.717) is 18.9 Å². The number of anilines is 2. The van der Waals surface area contributed by atoms with Gasteiger partial charge in [0.05, 0.1) is 13.2 Å². The van der Waals surface area contributed by atoms with Crippen LogP contribution in [0.1, 0.15) is 10.5 Å². The summed E-state index contributed by atoms with van der Waals surface area (Å²) in [6.45, 7) is 2.89. The van der Waals surface area contributed by atoms with E-state index in [2.05, 4.69) is 20.2 Å². The van der Waals surface area contributed by atoms with Crippen molar-refractivity contribution in [2.24, 2.45) is 0 Å². The van der Waals surface area contributed by atoms with Crippen molar-refractivity contribution < 1.29 is 9.53 Å². The fourth-order valence-corrected chi connectivity index (χ4v) is 2.79. The van der Waals surface area contributed by atoms with Crippen molar-refractivity contribution in [2.45, 2.75) is 4.90 Å². The zero-order chi connectivity index (χ0) is 16.1. The Kier molecular flexibility index (Phi) is 5.09. The van der Waals surface area contributed by atoms with Gasteiger partial charge in [0.1, 0.15) is 17.8 Å². The zero-order valence-corrected chi connectivity index (χ0v) is 13.7. The smallest absolute Gasteiger partial charge is 0.274 e. The van der Waals surface area contributed by atoms with E-state index in [1.807, 2.05) is 30.5 Å². The third kappa shape index (κ3) is 4.00. The van der Waals surface area contributed by atoms with Crippen LogP contribution in [-0.4, -0.2) is 48.4 Å². The number of carbonyl (C=O) groups excluding carboxylic acids is 1. The third-order valence-corrected chi connectivity index (χ3v) is 4.27. The van der Waals surface area contributed by atoms with E-state index >= 15 is 0 Å². The van der Waals surface area contributed by atoms with Crippen LogP contribution in [0.4, 0.5) is 11.5 Å². The second-order valence-corrected chi connectivity index (χ2v) is 5.93. The Labute approximate surface area is 139 Å². The highest BCUT2D eigenvalue weighted by Gasteiger charge is 2.15. The van der Waals surface area contributed by atoms with Gasteiger partial charge in [-0.15, -0.1) is 11.8 Å². The van der Waals surface area contributed by atoms with Crippen molar-refractivity contribution in [3.63, 3.8) is 0 Å². The number of nitrogens with one attached hydrogen (secondary N) is 1. The fourth-order valence-electron chi connectivity index (χ4n) is 2.33. The molecule has 2 heterocycles. The summed E-state index contributed by atoms with van der Waals surface area (Å²) in [5.41, 5.74) is 1.12.